The molecule has 0 radical (unpaired) electrons. The number of nitrogens with zero attached hydrogens (tertiary/aromatic N) is 1. The lowest BCUT2D eigenvalue weighted by Gasteiger charge is -2.51. The number of likely N-dealkylation sites (tertiary alicyclic amines) is 1. The van der Waals surface area contributed by atoms with E-state index in [4.69, 9.17) is 37.4 Å². The number of esters is 1. The Labute approximate surface area is 270 Å². The van der Waals surface area contributed by atoms with Crippen molar-refractivity contribution in [3.63, 3.8) is 0 Å². The van der Waals surface area contributed by atoms with Gasteiger partial charge in [-0.1, -0.05) is 65.7 Å². The Hall–Kier alpha value is -3.21. The zero-order valence-electron chi connectivity index (χ0n) is 24.5. The van der Waals surface area contributed by atoms with Crippen LogP contribution >= 0.6 is 34.5 Å². The number of carbonyl (C=O) groups is 3. The van der Waals surface area contributed by atoms with Crippen molar-refractivity contribution in [2.24, 2.45) is 11.3 Å². The molecule has 3 aromatic rings. The lowest BCUT2D eigenvalue weighted by Crippen LogP contribution is -2.60. The van der Waals surface area contributed by atoms with Crippen LogP contribution in [-0.2, 0) is 48.3 Å². The number of piperidine rings is 1. The first-order valence-electron chi connectivity index (χ1n) is 14.3. The van der Waals surface area contributed by atoms with Crippen LogP contribution < -0.4 is 5.32 Å². The summed E-state index contributed by atoms with van der Waals surface area (Å²) in [6.45, 7) is 2.81. The van der Waals surface area contributed by atoms with Crippen LogP contribution in [0.2, 0.25) is 10.0 Å². The van der Waals surface area contributed by atoms with Gasteiger partial charge in [-0.3, -0.25) is 14.4 Å². The molecule has 0 bridgehead atoms. The van der Waals surface area contributed by atoms with Gasteiger partial charge in [0.2, 0.25) is 11.8 Å². The van der Waals surface area contributed by atoms with Crippen LogP contribution in [0.25, 0.3) is 0 Å². The van der Waals surface area contributed by atoms with Crippen LogP contribution in [-0.4, -0.2) is 48.6 Å². The van der Waals surface area contributed by atoms with Crippen molar-refractivity contribution < 1.29 is 28.6 Å². The maximum Gasteiger partial charge on any atom is 0.320 e. The Kier molecular flexibility index (Phi) is 10.4. The van der Waals surface area contributed by atoms with E-state index in [1.54, 1.807) is 36.1 Å². The quantitative estimate of drug-likeness (QED) is 0.249. The van der Waals surface area contributed by atoms with Gasteiger partial charge in [0, 0.05) is 33.0 Å². The summed E-state index contributed by atoms with van der Waals surface area (Å²) in [6.07, 6.45) is 0.505. The number of hydrogen-bond acceptors (Lipinski definition) is 7. The number of methoxy groups -OCH3 is 1. The highest BCUT2D eigenvalue weighted by molar-refractivity contribution is 7.09. The molecule has 2 aliphatic rings. The van der Waals surface area contributed by atoms with E-state index in [0.717, 1.165) is 10.4 Å². The van der Waals surface area contributed by atoms with Crippen molar-refractivity contribution in [3.8, 4) is 0 Å². The van der Waals surface area contributed by atoms with Gasteiger partial charge in [0.15, 0.2) is 0 Å². The Morgan fingerprint density at radius 1 is 1.14 bits per heavy atom. The maximum absolute atomic E-state index is 14.2. The molecule has 0 aliphatic carbocycles. The fraction of sp³-hybridized carbons (Fsp3) is 0.364. The van der Waals surface area contributed by atoms with Crippen LogP contribution in [0.3, 0.4) is 0 Å². The highest BCUT2D eigenvalue weighted by Gasteiger charge is 2.59. The average Bonchev–Trinajstić information content (AvgIpc) is 3.54. The minimum atomic E-state index is -1.34. The summed E-state index contributed by atoms with van der Waals surface area (Å²) in [5, 5.41) is 5.68. The standard InChI is InChI=1S/C33H34Cl2N2O6S/c1-21-33(32(40)41-2)16-24(13-30(38)36-17-27-9-6-12-44-27)31(39)37(18-23-10-11-25(34)14-28(23)35)29(33)15-26(43-21)20-42-19-22-7-4-3-5-8-22/h3-12,14-15,21,24,26H,13,16-20H2,1-2H3,(H,36,38)/t21-,24+,26-,33+/m1/s1. The molecule has 4 atom stereocenters. The molecule has 5 rings (SSSR count). The molecule has 1 fully saturated rings. The van der Waals surface area contributed by atoms with Crippen molar-refractivity contribution in [1.82, 2.24) is 10.2 Å². The Bertz CT molecular complexity index is 1520. The van der Waals surface area contributed by atoms with E-state index in [0.29, 0.717) is 34.5 Å². The van der Waals surface area contributed by atoms with Gasteiger partial charge in [-0.25, -0.2) is 0 Å². The first kappa shape index (κ1) is 32.2. The van der Waals surface area contributed by atoms with Gasteiger partial charge in [-0.15, -0.1) is 11.3 Å². The van der Waals surface area contributed by atoms with Crippen LogP contribution in [0, 0.1) is 11.3 Å². The number of hydrogen-bond donors (Lipinski definition) is 1. The van der Waals surface area contributed by atoms with E-state index in [9.17, 15) is 14.4 Å². The smallest absolute Gasteiger partial charge is 0.320 e. The van der Waals surface area contributed by atoms with E-state index in [1.165, 1.54) is 18.4 Å². The van der Waals surface area contributed by atoms with Gasteiger partial charge in [0.1, 0.15) is 11.5 Å². The number of thiophene rings is 1. The van der Waals surface area contributed by atoms with Gasteiger partial charge < -0.3 is 24.4 Å². The predicted octanol–water partition coefficient (Wildman–Crippen LogP) is 6.16. The van der Waals surface area contributed by atoms with Crippen molar-refractivity contribution >= 4 is 52.3 Å². The summed E-state index contributed by atoms with van der Waals surface area (Å²) in [5.74, 6) is -1.92. The fourth-order valence-electron chi connectivity index (χ4n) is 5.90. The highest BCUT2D eigenvalue weighted by Crippen LogP contribution is 2.51. The summed E-state index contributed by atoms with van der Waals surface area (Å²) in [4.78, 5) is 43.6. The number of halogens is 2. The molecule has 11 heteroatoms. The monoisotopic (exact) mass is 656 g/mol. The molecule has 232 valence electrons. The fourth-order valence-corrected chi connectivity index (χ4v) is 7.01. The van der Waals surface area contributed by atoms with Crippen molar-refractivity contribution in [2.45, 2.75) is 51.7 Å². The molecule has 44 heavy (non-hydrogen) atoms. The van der Waals surface area contributed by atoms with E-state index in [-0.39, 0.29) is 37.8 Å². The third-order valence-corrected chi connectivity index (χ3v) is 9.57. The van der Waals surface area contributed by atoms with Gasteiger partial charge in [-0.05, 0) is 54.1 Å². The van der Waals surface area contributed by atoms with E-state index < -0.39 is 29.5 Å². The molecule has 8 nitrogen and oxygen atoms in total. The predicted molar refractivity (Wildman–Crippen MR) is 169 cm³/mol. The van der Waals surface area contributed by atoms with Crippen LogP contribution in [0.1, 0.15) is 35.8 Å². The molecular formula is C33H34Cl2N2O6S. The Morgan fingerprint density at radius 3 is 2.64 bits per heavy atom. The first-order valence-corrected chi connectivity index (χ1v) is 16.0. The van der Waals surface area contributed by atoms with Crippen molar-refractivity contribution in [3.05, 3.63) is 104 Å². The molecule has 0 saturated carbocycles. The van der Waals surface area contributed by atoms with Crippen LogP contribution in [0.15, 0.2) is 77.8 Å². The number of benzene rings is 2. The maximum atomic E-state index is 14.2. The number of rotatable bonds is 11. The lowest BCUT2D eigenvalue weighted by atomic mass is 9.66. The summed E-state index contributed by atoms with van der Waals surface area (Å²) < 4.78 is 17.7. The number of fused-ring (bicyclic) bond motifs is 1. The van der Waals surface area contributed by atoms with Crippen molar-refractivity contribution in [1.29, 1.82) is 0 Å². The molecule has 3 heterocycles. The molecule has 1 saturated heterocycles. The van der Waals surface area contributed by atoms with Gasteiger partial charge >= 0.3 is 5.97 Å². The SMILES string of the molecule is COC(=O)[C@]12C[C@H](CC(=O)NCc3cccs3)C(=O)N(Cc3ccc(Cl)cc3Cl)C1=C[C@H](COCc1ccccc1)O[C@@H]2C. The number of amides is 2. The third kappa shape index (κ3) is 7.03. The van der Waals surface area contributed by atoms with Crippen molar-refractivity contribution in [2.75, 3.05) is 13.7 Å². The van der Waals surface area contributed by atoms with Crippen LogP contribution in [0.4, 0.5) is 0 Å². The second-order valence-corrected chi connectivity index (χ2v) is 12.8. The molecular weight excluding hydrogens is 623 g/mol. The van der Waals surface area contributed by atoms with Gasteiger partial charge in [-0.2, -0.15) is 0 Å². The van der Waals surface area contributed by atoms with Gasteiger partial charge in [0.05, 0.1) is 39.5 Å². The number of ether oxygens (including phenoxy) is 3. The summed E-state index contributed by atoms with van der Waals surface area (Å²) in [6, 6.07) is 18.7. The normalized spacial score (nSPS) is 23.1. The molecule has 2 amide bonds. The Morgan fingerprint density at radius 2 is 1.93 bits per heavy atom. The topological polar surface area (TPSA) is 94.2 Å². The Balaban J connectivity index is 1.46. The minimum Gasteiger partial charge on any atom is -0.468 e. The highest BCUT2D eigenvalue weighted by atomic mass is 35.5. The minimum absolute atomic E-state index is 0.0559. The summed E-state index contributed by atoms with van der Waals surface area (Å²) in [7, 11) is 1.32. The van der Waals surface area contributed by atoms with E-state index in [2.05, 4.69) is 5.32 Å². The second-order valence-electron chi connectivity index (χ2n) is 11.0. The van der Waals surface area contributed by atoms with E-state index in [1.807, 2.05) is 47.8 Å². The average molecular weight is 658 g/mol. The molecule has 1 N–H and O–H groups in total. The summed E-state index contributed by atoms with van der Waals surface area (Å²) >= 11 is 14.2. The third-order valence-electron chi connectivity index (χ3n) is 8.11. The van der Waals surface area contributed by atoms with Crippen LogP contribution in [0.5, 0.6) is 0 Å². The molecule has 0 unspecified atom stereocenters. The summed E-state index contributed by atoms with van der Waals surface area (Å²) in [5.41, 5.74) is 0.779. The van der Waals surface area contributed by atoms with Gasteiger partial charge in [0.25, 0.3) is 0 Å². The zero-order valence-corrected chi connectivity index (χ0v) is 26.8. The molecule has 0 spiro atoms. The number of nitrogens with one attached hydrogen (secondary N) is 1. The molecule has 2 aromatic carbocycles. The first-order chi connectivity index (χ1) is 21.2. The lowest BCUT2D eigenvalue weighted by molar-refractivity contribution is -0.178. The zero-order chi connectivity index (χ0) is 31.3. The molecule has 2 aliphatic heterocycles. The largest absolute Gasteiger partial charge is 0.468 e. The second kappa shape index (κ2) is 14.3. The van der Waals surface area contributed by atoms with E-state index >= 15 is 0 Å². The number of carbonyl (C=O) groups excluding carboxylic acids is 3. The molecule has 1 aromatic heterocycles.